The molecule has 1 aliphatic carbocycles. The maximum atomic E-state index is 12.6. The van der Waals surface area contributed by atoms with E-state index in [9.17, 15) is 19.7 Å². The van der Waals surface area contributed by atoms with Crippen LogP contribution in [0.5, 0.6) is 5.75 Å². The number of carbonyl (C=O) groups excluding carboxylic acids is 2. The second-order valence-corrected chi connectivity index (χ2v) is 5.85. The molecule has 6 heteroatoms. The second-order valence-electron chi connectivity index (χ2n) is 5.85. The molecule has 2 rings (SSSR count). The van der Waals surface area contributed by atoms with Gasteiger partial charge in [-0.1, -0.05) is 13.8 Å². The number of rotatable bonds is 3. The summed E-state index contributed by atoms with van der Waals surface area (Å²) >= 11 is 0. The Hall–Kier alpha value is -2.24. The number of nitro benzene ring substituents is 1. The molecule has 3 atom stereocenters. The molecular weight excluding hydrogens is 286 g/mol. The van der Waals surface area contributed by atoms with Gasteiger partial charge in [-0.05, 0) is 18.9 Å². The lowest BCUT2D eigenvalue weighted by molar-refractivity contribution is -0.385. The van der Waals surface area contributed by atoms with Gasteiger partial charge in [-0.15, -0.1) is 0 Å². The number of methoxy groups -OCH3 is 1. The van der Waals surface area contributed by atoms with Crippen molar-refractivity contribution in [2.45, 2.75) is 33.1 Å². The second kappa shape index (κ2) is 5.87. The van der Waals surface area contributed by atoms with Gasteiger partial charge in [0.2, 0.25) is 0 Å². The summed E-state index contributed by atoms with van der Waals surface area (Å²) < 4.78 is 5.25. The van der Waals surface area contributed by atoms with Crippen LogP contribution < -0.4 is 4.74 Å². The highest BCUT2D eigenvalue weighted by Gasteiger charge is 2.42. The molecule has 6 nitrogen and oxygen atoms in total. The first-order valence-electron chi connectivity index (χ1n) is 7.17. The predicted molar refractivity (Wildman–Crippen MR) is 80.1 cm³/mol. The smallest absolute Gasteiger partial charge is 0.272 e. The van der Waals surface area contributed by atoms with Crippen LogP contribution in [0.3, 0.4) is 0 Å². The van der Waals surface area contributed by atoms with Crippen LogP contribution >= 0.6 is 0 Å². The third-order valence-corrected chi connectivity index (χ3v) is 4.58. The number of Topliss-reactive ketones (excluding diaryl/α,β-unsaturated/α-hetero) is 2. The van der Waals surface area contributed by atoms with Crippen molar-refractivity contribution >= 4 is 17.3 Å². The molecule has 0 N–H and O–H groups in total. The molecule has 1 aromatic carbocycles. The third kappa shape index (κ3) is 2.49. The van der Waals surface area contributed by atoms with Crippen LogP contribution in [0.4, 0.5) is 5.69 Å². The molecule has 22 heavy (non-hydrogen) atoms. The molecule has 118 valence electrons. The maximum Gasteiger partial charge on any atom is 0.272 e. The molecule has 0 spiro atoms. The van der Waals surface area contributed by atoms with Crippen LogP contribution in [0.25, 0.3) is 0 Å². The predicted octanol–water partition coefficient (Wildman–Crippen LogP) is 2.81. The van der Waals surface area contributed by atoms with E-state index >= 15 is 0 Å². The fraction of sp³-hybridized carbons (Fsp3) is 0.500. The van der Waals surface area contributed by atoms with Crippen LogP contribution in [0.1, 0.15) is 37.3 Å². The van der Waals surface area contributed by atoms with E-state index in [2.05, 4.69) is 0 Å². The van der Waals surface area contributed by atoms with Crippen molar-refractivity contribution in [3.8, 4) is 5.75 Å². The van der Waals surface area contributed by atoms with E-state index in [1.807, 2.05) is 6.92 Å². The first-order chi connectivity index (χ1) is 10.3. The molecular formula is C16H19NO5. The fourth-order valence-corrected chi connectivity index (χ4v) is 3.04. The topological polar surface area (TPSA) is 86.5 Å². The first kappa shape index (κ1) is 16.1. The number of ketones is 2. The van der Waals surface area contributed by atoms with Gasteiger partial charge in [-0.25, -0.2) is 0 Å². The Kier molecular flexibility index (Phi) is 4.30. The van der Waals surface area contributed by atoms with Gasteiger partial charge in [0.25, 0.3) is 5.69 Å². The fourth-order valence-electron chi connectivity index (χ4n) is 3.04. The highest BCUT2D eigenvalue weighted by molar-refractivity contribution is 6.11. The van der Waals surface area contributed by atoms with Gasteiger partial charge in [0.1, 0.15) is 17.5 Å². The largest absolute Gasteiger partial charge is 0.496 e. The summed E-state index contributed by atoms with van der Waals surface area (Å²) in [5, 5.41) is 11.1. The molecule has 1 saturated carbocycles. The van der Waals surface area contributed by atoms with Crippen molar-refractivity contribution in [3.63, 3.8) is 0 Å². The number of hydrogen-bond acceptors (Lipinski definition) is 5. The van der Waals surface area contributed by atoms with E-state index in [4.69, 9.17) is 4.74 Å². The molecule has 1 aromatic rings. The number of hydrogen-bond donors (Lipinski definition) is 0. The van der Waals surface area contributed by atoms with E-state index in [1.54, 1.807) is 13.8 Å². The Morgan fingerprint density at radius 2 is 1.91 bits per heavy atom. The van der Waals surface area contributed by atoms with Crippen molar-refractivity contribution in [1.29, 1.82) is 0 Å². The van der Waals surface area contributed by atoms with Gasteiger partial charge in [-0.2, -0.15) is 0 Å². The number of nitro groups is 1. The number of nitrogens with zero attached hydrogens (tertiary/aromatic N) is 1. The molecule has 0 radical (unpaired) electrons. The standard InChI is InChI=1S/C16H19NO5/c1-8-7-12(18)15(16(19)9(8)2)14-10(3)11(17(20)21)5-6-13(14)22-4/h5-6,8-9,15H,7H2,1-4H3. The van der Waals surface area contributed by atoms with E-state index < -0.39 is 10.8 Å². The molecule has 0 aromatic heterocycles. The average Bonchev–Trinajstić information content (AvgIpc) is 2.46. The van der Waals surface area contributed by atoms with Crippen molar-refractivity contribution in [1.82, 2.24) is 0 Å². The van der Waals surface area contributed by atoms with E-state index in [0.717, 1.165) is 0 Å². The molecule has 1 fully saturated rings. The lowest BCUT2D eigenvalue weighted by Crippen LogP contribution is -2.37. The zero-order valence-electron chi connectivity index (χ0n) is 13.1. The van der Waals surface area contributed by atoms with Gasteiger partial charge in [0, 0.05) is 29.5 Å². The minimum Gasteiger partial charge on any atom is -0.496 e. The van der Waals surface area contributed by atoms with Crippen molar-refractivity contribution < 1.29 is 19.2 Å². The van der Waals surface area contributed by atoms with E-state index in [1.165, 1.54) is 19.2 Å². The summed E-state index contributed by atoms with van der Waals surface area (Å²) in [5.41, 5.74) is 0.547. The molecule has 3 unspecified atom stereocenters. The minimum absolute atomic E-state index is 0.0127. The lowest BCUT2D eigenvalue weighted by Gasteiger charge is -2.31. The highest BCUT2D eigenvalue weighted by Crippen LogP contribution is 2.41. The Bertz CT molecular complexity index is 652. The average molecular weight is 305 g/mol. The summed E-state index contributed by atoms with van der Waals surface area (Å²) in [6, 6.07) is 2.78. The summed E-state index contributed by atoms with van der Waals surface area (Å²) in [6.45, 7) is 5.22. The van der Waals surface area contributed by atoms with Gasteiger partial charge >= 0.3 is 0 Å². The SMILES string of the molecule is COc1ccc([N+](=O)[O-])c(C)c1C1C(=O)CC(C)C(C)C1=O. The highest BCUT2D eigenvalue weighted by atomic mass is 16.6. The number of benzene rings is 1. The van der Waals surface area contributed by atoms with Crippen molar-refractivity contribution in [3.05, 3.63) is 33.4 Å². The summed E-state index contributed by atoms with van der Waals surface area (Å²) in [4.78, 5) is 35.6. The Balaban J connectivity index is 2.64. The molecule has 0 amide bonds. The quantitative estimate of drug-likeness (QED) is 0.487. The van der Waals surface area contributed by atoms with Gasteiger partial charge in [-0.3, -0.25) is 19.7 Å². The maximum absolute atomic E-state index is 12.6. The monoisotopic (exact) mass is 305 g/mol. The Morgan fingerprint density at radius 3 is 2.45 bits per heavy atom. The van der Waals surface area contributed by atoms with Crippen LogP contribution in [0.15, 0.2) is 12.1 Å². The normalized spacial score (nSPS) is 25.2. The first-order valence-corrected chi connectivity index (χ1v) is 7.17. The number of carbonyl (C=O) groups is 2. The van der Waals surface area contributed by atoms with Gasteiger partial charge in [0.05, 0.1) is 12.0 Å². The summed E-state index contributed by atoms with van der Waals surface area (Å²) in [7, 11) is 1.42. The van der Waals surface area contributed by atoms with Crippen LogP contribution in [0.2, 0.25) is 0 Å². The summed E-state index contributed by atoms with van der Waals surface area (Å²) in [5.74, 6) is -1.28. The molecule has 0 aliphatic heterocycles. The third-order valence-electron chi connectivity index (χ3n) is 4.58. The molecule has 0 bridgehead atoms. The zero-order chi connectivity index (χ0) is 16.6. The molecule has 1 aliphatic rings. The van der Waals surface area contributed by atoms with Crippen LogP contribution in [0, 0.1) is 28.9 Å². The lowest BCUT2D eigenvalue weighted by atomic mass is 9.70. The molecule has 0 saturated heterocycles. The van der Waals surface area contributed by atoms with Crippen molar-refractivity contribution in [2.24, 2.45) is 11.8 Å². The van der Waals surface area contributed by atoms with Crippen molar-refractivity contribution in [2.75, 3.05) is 7.11 Å². The van der Waals surface area contributed by atoms with E-state index in [-0.39, 0.29) is 29.1 Å². The molecule has 0 heterocycles. The summed E-state index contributed by atoms with van der Waals surface area (Å²) in [6.07, 6.45) is 0.295. The Morgan fingerprint density at radius 1 is 1.27 bits per heavy atom. The van der Waals surface area contributed by atoms with E-state index in [0.29, 0.717) is 23.3 Å². The van der Waals surface area contributed by atoms with Crippen LogP contribution in [-0.2, 0) is 9.59 Å². The number of ether oxygens (including phenoxy) is 1. The zero-order valence-corrected chi connectivity index (χ0v) is 13.1. The van der Waals surface area contributed by atoms with Crippen LogP contribution in [-0.4, -0.2) is 23.6 Å². The minimum atomic E-state index is -0.971. The Labute approximate surface area is 128 Å². The van der Waals surface area contributed by atoms with Gasteiger partial charge in [0.15, 0.2) is 5.78 Å². The van der Waals surface area contributed by atoms with Gasteiger partial charge < -0.3 is 4.74 Å².